The Balaban J connectivity index is 0. The smallest absolute Gasteiger partial charge is 0.170 e. The van der Waals surface area contributed by atoms with Crippen LogP contribution in [-0.4, -0.2) is 43.1 Å². The monoisotopic (exact) mass is 260 g/mol. The highest BCUT2D eigenvalue weighted by atomic mass is 127. The zero-order valence-corrected chi connectivity index (χ0v) is 9.36. The maximum Gasteiger partial charge on any atom is 0.170 e. The molecule has 0 bridgehead atoms. The molecule has 0 aliphatic carbocycles. The topological polar surface area (TPSA) is 6.48 Å². The molecule has 0 amide bonds. The summed E-state index contributed by atoms with van der Waals surface area (Å²) in [6.45, 7) is 0. The largest absolute Gasteiger partial charge is 0.355 e. The molecule has 0 heterocycles. The average Bonchev–Trinajstić information content (AvgIpc) is 1.64. The van der Waals surface area contributed by atoms with E-state index in [1.54, 1.807) is 0 Å². The first-order chi connectivity index (χ1) is 3.55. The average molecular weight is 260 g/mol. The van der Waals surface area contributed by atoms with Crippen LogP contribution < -0.4 is 0 Å². The Bertz CT molecular complexity index is 83.0. The molecular weight excluding hydrogens is 247 g/mol. The highest BCUT2D eigenvalue weighted by Gasteiger charge is 1.97. The quantitative estimate of drug-likeness (QED) is 0.474. The number of halogens is 1. The van der Waals surface area contributed by atoms with Gasteiger partial charge in [-0.1, -0.05) is 0 Å². The van der Waals surface area contributed by atoms with E-state index in [1.807, 2.05) is 38.0 Å². The van der Waals surface area contributed by atoms with Gasteiger partial charge in [-0.2, -0.15) is 0 Å². The summed E-state index contributed by atoms with van der Waals surface area (Å²) < 4.78 is 0. The van der Waals surface area contributed by atoms with Crippen LogP contribution in [0.5, 0.6) is 0 Å². The second kappa shape index (κ2) is 5.22. The lowest BCUT2D eigenvalue weighted by molar-refractivity contribution is 0.501. The number of thiocarbonyl (C=S) groups is 1. The summed E-state index contributed by atoms with van der Waals surface area (Å²) in [5.41, 5.74) is 0. The minimum Gasteiger partial charge on any atom is -0.355 e. The molecule has 0 aliphatic heterocycles. The van der Waals surface area contributed by atoms with Gasteiger partial charge in [0.25, 0.3) is 0 Å². The zero-order valence-electron chi connectivity index (χ0n) is 6.21. The van der Waals surface area contributed by atoms with E-state index < -0.39 is 0 Å². The van der Waals surface area contributed by atoms with Gasteiger partial charge < -0.3 is 9.80 Å². The van der Waals surface area contributed by atoms with E-state index in [9.17, 15) is 0 Å². The first-order valence-electron chi connectivity index (χ1n) is 2.44. The van der Waals surface area contributed by atoms with Crippen LogP contribution >= 0.6 is 36.2 Å². The van der Waals surface area contributed by atoms with Gasteiger partial charge in [0.1, 0.15) is 0 Å². The van der Waals surface area contributed by atoms with Crippen LogP contribution in [0.4, 0.5) is 0 Å². The zero-order chi connectivity index (χ0) is 6.73. The van der Waals surface area contributed by atoms with E-state index in [0.29, 0.717) is 0 Å². The maximum absolute atomic E-state index is 4.95. The second-order valence-corrected chi connectivity index (χ2v) is 2.44. The van der Waals surface area contributed by atoms with Crippen LogP contribution in [0.3, 0.4) is 0 Å². The summed E-state index contributed by atoms with van der Waals surface area (Å²) in [5, 5.41) is 0.852. The fourth-order valence-electron chi connectivity index (χ4n) is 0.400. The van der Waals surface area contributed by atoms with Crippen molar-refractivity contribution in [3.8, 4) is 0 Å². The normalized spacial score (nSPS) is 7.56. The van der Waals surface area contributed by atoms with Gasteiger partial charge in [0.05, 0.1) is 0 Å². The number of rotatable bonds is 0. The third kappa shape index (κ3) is 4.90. The Labute approximate surface area is 79.2 Å². The summed E-state index contributed by atoms with van der Waals surface area (Å²) >= 11 is 4.95. The molecule has 9 heavy (non-hydrogen) atoms. The Kier molecular flexibility index (Phi) is 7.04. The lowest BCUT2D eigenvalue weighted by Crippen LogP contribution is -2.32. The van der Waals surface area contributed by atoms with E-state index >= 15 is 0 Å². The summed E-state index contributed by atoms with van der Waals surface area (Å²) in [5.74, 6) is 0. The molecule has 0 radical (unpaired) electrons. The number of hydrogen-bond acceptors (Lipinski definition) is 1. The first-order valence-corrected chi connectivity index (χ1v) is 2.85. The molecule has 0 aromatic carbocycles. The predicted molar refractivity (Wildman–Crippen MR) is 55.4 cm³/mol. The van der Waals surface area contributed by atoms with Crippen molar-refractivity contribution in [3.63, 3.8) is 0 Å². The van der Waals surface area contributed by atoms with Crippen LogP contribution in [0.1, 0.15) is 0 Å². The number of hydrogen-bond donors (Lipinski definition) is 0. The molecule has 0 unspecified atom stereocenters. The molecule has 0 aliphatic rings. The van der Waals surface area contributed by atoms with Crippen molar-refractivity contribution in [2.75, 3.05) is 28.2 Å². The highest BCUT2D eigenvalue weighted by molar-refractivity contribution is 14.0. The Morgan fingerprint density at radius 1 is 1.00 bits per heavy atom. The van der Waals surface area contributed by atoms with Crippen LogP contribution in [0.15, 0.2) is 0 Å². The van der Waals surface area contributed by atoms with Crippen LogP contribution in [-0.2, 0) is 0 Å². The molecule has 56 valence electrons. The van der Waals surface area contributed by atoms with Crippen molar-refractivity contribution in [1.29, 1.82) is 0 Å². The van der Waals surface area contributed by atoms with Gasteiger partial charge in [0.15, 0.2) is 5.11 Å². The van der Waals surface area contributed by atoms with E-state index in [0.717, 1.165) is 5.11 Å². The van der Waals surface area contributed by atoms with Crippen molar-refractivity contribution in [3.05, 3.63) is 0 Å². The molecule has 0 spiro atoms. The van der Waals surface area contributed by atoms with Crippen molar-refractivity contribution in [2.45, 2.75) is 0 Å². The number of nitrogens with zero attached hydrogens (tertiary/aromatic N) is 2. The van der Waals surface area contributed by atoms with Gasteiger partial charge in [-0.3, -0.25) is 0 Å². The molecule has 0 aromatic rings. The second-order valence-electron chi connectivity index (χ2n) is 2.07. The highest BCUT2D eigenvalue weighted by Crippen LogP contribution is 1.84. The maximum atomic E-state index is 4.95. The SMILES string of the molecule is CN(C)C(=S)N(C)C.I. The fraction of sp³-hybridized carbons (Fsp3) is 0.800. The van der Waals surface area contributed by atoms with Crippen LogP contribution in [0.25, 0.3) is 0 Å². The molecule has 0 aromatic heterocycles. The van der Waals surface area contributed by atoms with Gasteiger partial charge in [-0.15, -0.1) is 24.0 Å². The van der Waals surface area contributed by atoms with E-state index in [-0.39, 0.29) is 24.0 Å². The van der Waals surface area contributed by atoms with Gasteiger partial charge in [0, 0.05) is 28.2 Å². The van der Waals surface area contributed by atoms with E-state index in [4.69, 9.17) is 12.2 Å². The summed E-state index contributed by atoms with van der Waals surface area (Å²) in [6.07, 6.45) is 0. The van der Waals surface area contributed by atoms with Gasteiger partial charge in [-0.05, 0) is 12.2 Å². The molecule has 0 atom stereocenters. The molecule has 2 nitrogen and oxygen atoms in total. The fourth-order valence-corrected chi connectivity index (χ4v) is 0.400. The minimum absolute atomic E-state index is 0. The van der Waals surface area contributed by atoms with Crippen molar-refractivity contribution < 1.29 is 0 Å². The van der Waals surface area contributed by atoms with Crippen molar-refractivity contribution in [1.82, 2.24) is 9.80 Å². The van der Waals surface area contributed by atoms with E-state index in [2.05, 4.69) is 0 Å². The van der Waals surface area contributed by atoms with Crippen LogP contribution in [0.2, 0.25) is 0 Å². The van der Waals surface area contributed by atoms with Gasteiger partial charge in [0.2, 0.25) is 0 Å². The van der Waals surface area contributed by atoms with Crippen molar-refractivity contribution in [2.24, 2.45) is 0 Å². The first kappa shape index (κ1) is 12.1. The molecule has 4 heteroatoms. The van der Waals surface area contributed by atoms with Crippen LogP contribution in [0, 0.1) is 0 Å². The molecule has 0 N–H and O–H groups in total. The Hall–Kier alpha value is 0.420. The van der Waals surface area contributed by atoms with Gasteiger partial charge >= 0.3 is 0 Å². The summed E-state index contributed by atoms with van der Waals surface area (Å²) in [6, 6.07) is 0. The standard InChI is InChI=1S/C5H12N2S.HI/c1-6(2)5(8)7(3)4;/h1-4H3;1H. The Morgan fingerprint density at radius 3 is 1.22 bits per heavy atom. The minimum atomic E-state index is 0. The van der Waals surface area contributed by atoms with E-state index in [1.165, 1.54) is 0 Å². The molecular formula is C5H13IN2S. The molecule has 0 rings (SSSR count). The lowest BCUT2D eigenvalue weighted by atomic mass is 10.8. The summed E-state index contributed by atoms with van der Waals surface area (Å²) in [4.78, 5) is 3.80. The third-order valence-electron chi connectivity index (χ3n) is 0.765. The van der Waals surface area contributed by atoms with Crippen molar-refractivity contribution >= 4 is 41.3 Å². The third-order valence-corrected chi connectivity index (χ3v) is 1.50. The molecule has 0 saturated heterocycles. The Morgan fingerprint density at radius 2 is 1.22 bits per heavy atom. The lowest BCUT2D eigenvalue weighted by Gasteiger charge is -2.20. The summed E-state index contributed by atoms with van der Waals surface area (Å²) in [7, 11) is 7.73. The molecule has 0 saturated carbocycles. The predicted octanol–water partition coefficient (Wildman–Crippen LogP) is 1.01. The van der Waals surface area contributed by atoms with Gasteiger partial charge in [-0.25, -0.2) is 0 Å². The molecule has 0 fully saturated rings.